The fourth-order valence-electron chi connectivity index (χ4n) is 3.03. The summed E-state index contributed by atoms with van der Waals surface area (Å²) in [6.45, 7) is 1.93. The van der Waals surface area contributed by atoms with Crippen LogP contribution in [0.2, 0.25) is 0 Å². The second kappa shape index (κ2) is 5.80. The molecule has 0 bridgehead atoms. The van der Waals surface area contributed by atoms with E-state index < -0.39 is 0 Å². The van der Waals surface area contributed by atoms with Crippen LogP contribution in [-0.4, -0.2) is 24.8 Å². The average molecular weight is 291 g/mol. The molecule has 2 aromatic carbocycles. The molecule has 0 amide bonds. The third kappa shape index (κ3) is 2.45. The van der Waals surface area contributed by atoms with Gasteiger partial charge < -0.3 is 4.90 Å². The predicted molar refractivity (Wildman–Crippen MR) is 92.9 cm³/mol. The average Bonchev–Trinajstić information content (AvgIpc) is 3.03. The maximum atomic E-state index is 12.6. The van der Waals surface area contributed by atoms with Crippen molar-refractivity contribution in [3.05, 3.63) is 65.4 Å². The zero-order valence-electron chi connectivity index (χ0n) is 13.4. The number of nitrogens with zero attached hydrogens (tertiary/aromatic N) is 1. The number of carbonyl (C=O) groups excluding carboxylic acids is 1. The molecule has 0 unspecified atom stereocenters. The van der Waals surface area contributed by atoms with Crippen molar-refractivity contribution < 1.29 is 4.79 Å². The van der Waals surface area contributed by atoms with Crippen LogP contribution >= 0.6 is 0 Å². The molecule has 0 atom stereocenters. The highest BCUT2D eigenvalue weighted by Gasteiger charge is 2.19. The minimum atomic E-state index is 0.214. The summed E-state index contributed by atoms with van der Waals surface area (Å²) in [5.41, 5.74) is 4.39. The largest absolute Gasteiger partial charge is 0.378 e. The summed E-state index contributed by atoms with van der Waals surface area (Å²) in [7, 11) is 4.09. The third-order valence-electron chi connectivity index (χ3n) is 4.24. The Labute approximate surface area is 131 Å². The van der Waals surface area contributed by atoms with E-state index in [1.807, 2.05) is 33.2 Å². The van der Waals surface area contributed by atoms with E-state index in [2.05, 4.69) is 41.3 Å². The minimum absolute atomic E-state index is 0.214. The van der Waals surface area contributed by atoms with Gasteiger partial charge in [0.25, 0.3) is 0 Å². The summed E-state index contributed by atoms with van der Waals surface area (Å²) in [4.78, 5) is 14.7. The number of fused-ring (bicyclic) bond motifs is 1. The molecule has 1 aliphatic carbocycles. The van der Waals surface area contributed by atoms with Gasteiger partial charge in [-0.05, 0) is 34.4 Å². The normalized spacial score (nSPS) is 14.0. The van der Waals surface area contributed by atoms with Crippen LogP contribution in [0.25, 0.3) is 16.3 Å². The first kappa shape index (κ1) is 14.6. The number of allylic oxidation sites excluding steroid dienone is 3. The lowest BCUT2D eigenvalue weighted by Crippen LogP contribution is -2.07. The van der Waals surface area contributed by atoms with Gasteiger partial charge in [0.1, 0.15) is 0 Å². The molecule has 1 aliphatic rings. The number of likely N-dealkylation sites (N-methyl/N-ethyl adjacent to an activating group) is 1. The van der Waals surface area contributed by atoms with Crippen LogP contribution in [0.4, 0.5) is 0 Å². The highest BCUT2D eigenvalue weighted by Crippen LogP contribution is 2.34. The molecular formula is C20H21NO. The quantitative estimate of drug-likeness (QED) is 0.763. The first-order valence-electron chi connectivity index (χ1n) is 7.75. The van der Waals surface area contributed by atoms with E-state index in [9.17, 15) is 4.79 Å². The first-order chi connectivity index (χ1) is 10.6. The van der Waals surface area contributed by atoms with Crippen LogP contribution in [0.3, 0.4) is 0 Å². The molecule has 2 aromatic rings. The summed E-state index contributed by atoms with van der Waals surface area (Å²) in [6, 6.07) is 12.4. The second-order valence-electron chi connectivity index (χ2n) is 5.88. The Kier molecular flexibility index (Phi) is 3.84. The molecule has 2 heteroatoms. The molecule has 0 saturated carbocycles. The van der Waals surface area contributed by atoms with Gasteiger partial charge in [0.2, 0.25) is 0 Å². The lowest BCUT2D eigenvalue weighted by molar-refractivity contribution is 0.0989. The Bertz CT molecular complexity index is 796. The van der Waals surface area contributed by atoms with Crippen LogP contribution in [0.15, 0.2) is 54.2 Å². The van der Waals surface area contributed by atoms with Crippen molar-refractivity contribution in [1.82, 2.24) is 4.90 Å². The Morgan fingerprint density at radius 1 is 1.14 bits per heavy atom. The summed E-state index contributed by atoms with van der Waals surface area (Å²) in [5.74, 6) is 0.214. The standard InChI is InChI=1S/C20H21NO/c1-4-19(22)20-17-8-6-5-7-14(17)10-12-18(20)15-9-11-16(13-15)21(2)3/h5-8,10-13H,4,9H2,1-3H3. The van der Waals surface area contributed by atoms with Crippen molar-refractivity contribution >= 4 is 22.1 Å². The fraction of sp³-hybridized carbons (Fsp3) is 0.250. The minimum Gasteiger partial charge on any atom is -0.378 e. The Morgan fingerprint density at radius 2 is 1.91 bits per heavy atom. The second-order valence-corrected chi connectivity index (χ2v) is 5.88. The Hall–Kier alpha value is -2.35. The third-order valence-corrected chi connectivity index (χ3v) is 4.24. The van der Waals surface area contributed by atoms with Gasteiger partial charge in [0.15, 0.2) is 5.78 Å². The van der Waals surface area contributed by atoms with E-state index in [1.54, 1.807) is 0 Å². The molecule has 3 rings (SSSR count). The van der Waals surface area contributed by atoms with E-state index in [0.29, 0.717) is 6.42 Å². The van der Waals surface area contributed by atoms with E-state index in [0.717, 1.165) is 28.3 Å². The van der Waals surface area contributed by atoms with Gasteiger partial charge in [-0.1, -0.05) is 49.4 Å². The molecule has 0 fully saturated rings. The molecule has 0 radical (unpaired) electrons. The lowest BCUT2D eigenvalue weighted by atomic mass is 9.90. The van der Waals surface area contributed by atoms with Crippen molar-refractivity contribution in [2.24, 2.45) is 0 Å². The zero-order valence-corrected chi connectivity index (χ0v) is 13.4. The lowest BCUT2D eigenvalue weighted by Gasteiger charge is -2.13. The van der Waals surface area contributed by atoms with Crippen molar-refractivity contribution in [3.63, 3.8) is 0 Å². The van der Waals surface area contributed by atoms with Gasteiger partial charge in [-0.3, -0.25) is 4.79 Å². The van der Waals surface area contributed by atoms with E-state index in [1.165, 1.54) is 11.3 Å². The van der Waals surface area contributed by atoms with Crippen LogP contribution in [0.5, 0.6) is 0 Å². The zero-order chi connectivity index (χ0) is 15.7. The molecule has 0 aliphatic heterocycles. The number of rotatable bonds is 4. The molecule has 0 aromatic heterocycles. The Morgan fingerprint density at radius 3 is 2.59 bits per heavy atom. The molecule has 2 nitrogen and oxygen atoms in total. The number of ketones is 1. The van der Waals surface area contributed by atoms with Crippen LogP contribution in [-0.2, 0) is 0 Å². The van der Waals surface area contributed by atoms with E-state index >= 15 is 0 Å². The van der Waals surface area contributed by atoms with Crippen molar-refractivity contribution in [3.8, 4) is 0 Å². The summed E-state index contributed by atoms with van der Waals surface area (Å²) >= 11 is 0. The summed E-state index contributed by atoms with van der Waals surface area (Å²) < 4.78 is 0. The van der Waals surface area contributed by atoms with Gasteiger partial charge in [0, 0.05) is 31.8 Å². The Balaban J connectivity index is 2.19. The SMILES string of the molecule is CCC(=O)c1c(C2=CC(N(C)C)=CC2)ccc2ccccc12. The highest BCUT2D eigenvalue weighted by molar-refractivity contribution is 6.12. The molecule has 0 spiro atoms. The van der Waals surface area contributed by atoms with Crippen LogP contribution in [0, 0.1) is 0 Å². The van der Waals surface area contributed by atoms with E-state index in [-0.39, 0.29) is 5.78 Å². The molecule has 0 N–H and O–H groups in total. The predicted octanol–water partition coefficient (Wildman–Crippen LogP) is 4.67. The van der Waals surface area contributed by atoms with Crippen LogP contribution in [0.1, 0.15) is 35.7 Å². The molecule has 22 heavy (non-hydrogen) atoms. The number of carbonyl (C=O) groups is 1. The molecular weight excluding hydrogens is 270 g/mol. The van der Waals surface area contributed by atoms with Crippen molar-refractivity contribution in [2.45, 2.75) is 19.8 Å². The van der Waals surface area contributed by atoms with Crippen molar-refractivity contribution in [1.29, 1.82) is 0 Å². The van der Waals surface area contributed by atoms with Gasteiger partial charge in [-0.15, -0.1) is 0 Å². The molecule has 0 heterocycles. The van der Waals surface area contributed by atoms with Gasteiger partial charge in [-0.2, -0.15) is 0 Å². The molecule has 0 saturated heterocycles. The maximum absolute atomic E-state index is 12.6. The van der Waals surface area contributed by atoms with E-state index in [4.69, 9.17) is 0 Å². The number of Topliss-reactive ketones (excluding diaryl/α,β-unsaturated/α-hetero) is 1. The molecule has 112 valence electrons. The van der Waals surface area contributed by atoms with Gasteiger partial charge in [-0.25, -0.2) is 0 Å². The van der Waals surface area contributed by atoms with Crippen LogP contribution < -0.4 is 0 Å². The monoisotopic (exact) mass is 291 g/mol. The number of hydrogen-bond acceptors (Lipinski definition) is 2. The van der Waals surface area contributed by atoms with Crippen molar-refractivity contribution in [2.75, 3.05) is 14.1 Å². The number of hydrogen-bond donors (Lipinski definition) is 0. The smallest absolute Gasteiger partial charge is 0.163 e. The van der Waals surface area contributed by atoms with Gasteiger partial charge >= 0.3 is 0 Å². The first-order valence-corrected chi connectivity index (χ1v) is 7.75. The topological polar surface area (TPSA) is 20.3 Å². The summed E-state index contributed by atoms with van der Waals surface area (Å²) in [6.07, 6.45) is 5.82. The number of benzene rings is 2. The fourth-order valence-corrected chi connectivity index (χ4v) is 3.03. The maximum Gasteiger partial charge on any atom is 0.163 e. The highest BCUT2D eigenvalue weighted by atomic mass is 16.1. The van der Waals surface area contributed by atoms with Gasteiger partial charge in [0.05, 0.1) is 0 Å². The summed E-state index contributed by atoms with van der Waals surface area (Å²) in [5, 5.41) is 2.19.